The van der Waals surface area contributed by atoms with Gasteiger partial charge in [-0.05, 0) is 62.1 Å². The lowest BCUT2D eigenvalue weighted by atomic mass is 9.71. The summed E-state index contributed by atoms with van der Waals surface area (Å²) < 4.78 is 0. The predicted octanol–water partition coefficient (Wildman–Crippen LogP) is 5.93. The molecule has 2 atom stereocenters. The number of unbranched alkanes of at least 4 members (excludes halogenated alkanes) is 2. The number of hydrogen-bond donors (Lipinski definition) is 2. The lowest BCUT2D eigenvalue weighted by molar-refractivity contribution is 0.304. The maximum absolute atomic E-state index is 10.6. The molecule has 2 N–H and O–H groups in total. The average molecular weight is 316 g/mol. The fourth-order valence-corrected chi connectivity index (χ4v) is 3.88. The molecule has 0 spiro atoms. The number of aryl methyl sites for hydroxylation is 1. The van der Waals surface area contributed by atoms with E-state index in [2.05, 4.69) is 33.8 Å². The summed E-state index contributed by atoms with van der Waals surface area (Å²) in [5, 5.41) is 21.2. The van der Waals surface area contributed by atoms with Gasteiger partial charge in [0, 0.05) is 11.5 Å². The van der Waals surface area contributed by atoms with E-state index >= 15 is 0 Å². The number of benzene rings is 1. The van der Waals surface area contributed by atoms with Gasteiger partial charge in [-0.1, -0.05) is 45.3 Å². The van der Waals surface area contributed by atoms with Crippen molar-refractivity contribution in [1.29, 1.82) is 0 Å². The zero-order valence-electron chi connectivity index (χ0n) is 15.1. The molecule has 0 saturated heterocycles. The van der Waals surface area contributed by atoms with E-state index in [1.165, 1.54) is 18.4 Å². The molecule has 0 fully saturated rings. The standard InChI is InChI=1S/C21H32O2/c1-5-6-7-8-16-12-19(22)21(20(23)13-16)18-11-15(4)9-10-17(18)14(2)3/h11-14,17-18,22-23H,5-10H2,1-4H3/t17-,18-/m0/s1. The second kappa shape index (κ2) is 7.90. The van der Waals surface area contributed by atoms with Crippen LogP contribution < -0.4 is 0 Å². The molecule has 1 aromatic rings. The van der Waals surface area contributed by atoms with E-state index in [4.69, 9.17) is 0 Å². The smallest absolute Gasteiger partial charge is 0.123 e. The lowest BCUT2D eigenvalue weighted by Gasteiger charge is -2.33. The van der Waals surface area contributed by atoms with Gasteiger partial charge in [0.25, 0.3) is 0 Å². The molecule has 2 rings (SSSR count). The van der Waals surface area contributed by atoms with Crippen molar-refractivity contribution >= 4 is 0 Å². The molecule has 1 aliphatic rings. The summed E-state index contributed by atoms with van der Waals surface area (Å²) in [7, 11) is 0. The Bertz CT molecular complexity index is 534. The van der Waals surface area contributed by atoms with Crippen molar-refractivity contribution in [1.82, 2.24) is 0 Å². The fourth-order valence-electron chi connectivity index (χ4n) is 3.88. The highest BCUT2D eigenvalue weighted by molar-refractivity contribution is 5.51. The van der Waals surface area contributed by atoms with Crippen LogP contribution in [0, 0.1) is 11.8 Å². The molecule has 0 aromatic heterocycles. The third-order valence-electron chi connectivity index (χ3n) is 5.25. The summed E-state index contributed by atoms with van der Waals surface area (Å²) in [4.78, 5) is 0. The second-order valence-corrected chi connectivity index (χ2v) is 7.49. The Hall–Kier alpha value is -1.44. The van der Waals surface area contributed by atoms with Crippen molar-refractivity contribution in [2.45, 2.75) is 72.1 Å². The van der Waals surface area contributed by atoms with Gasteiger partial charge in [0.05, 0.1) is 0 Å². The van der Waals surface area contributed by atoms with Crippen molar-refractivity contribution in [3.63, 3.8) is 0 Å². The second-order valence-electron chi connectivity index (χ2n) is 7.49. The Morgan fingerprint density at radius 2 is 1.78 bits per heavy atom. The number of phenolic OH excluding ortho intramolecular Hbond substituents is 2. The van der Waals surface area contributed by atoms with E-state index in [0.29, 0.717) is 11.8 Å². The zero-order valence-corrected chi connectivity index (χ0v) is 15.1. The normalized spacial score (nSPS) is 21.5. The highest BCUT2D eigenvalue weighted by atomic mass is 16.3. The maximum atomic E-state index is 10.6. The minimum absolute atomic E-state index is 0.119. The van der Waals surface area contributed by atoms with Crippen LogP contribution in [0.2, 0.25) is 0 Å². The van der Waals surface area contributed by atoms with Crippen LogP contribution in [-0.2, 0) is 6.42 Å². The van der Waals surface area contributed by atoms with E-state index in [1.54, 1.807) is 0 Å². The minimum atomic E-state index is 0.119. The molecule has 0 aliphatic heterocycles. The molecule has 0 bridgehead atoms. The van der Waals surface area contributed by atoms with E-state index in [-0.39, 0.29) is 17.4 Å². The summed E-state index contributed by atoms with van der Waals surface area (Å²) in [6, 6.07) is 3.72. The number of aromatic hydroxyl groups is 2. The molecule has 0 amide bonds. The largest absolute Gasteiger partial charge is 0.507 e. The molecule has 0 unspecified atom stereocenters. The Morgan fingerprint density at radius 3 is 2.35 bits per heavy atom. The highest BCUT2D eigenvalue weighted by Crippen LogP contribution is 2.46. The Morgan fingerprint density at radius 1 is 1.13 bits per heavy atom. The van der Waals surface area contributed by atoms with Crippen LogP contribution in [0.5, 0.6) is 11.5 Å². The monoisotopic (exact) mass is 316 g/mol. The van der Waals surface area contributed by atoms with Crippen molar-refractivity contribution in [3.8, 4) is 11.5 Å². The van der Waals surface area contributed by atoms with Gasteiger partial charge in [-0.25, -0.2) is 0 Å². The maximum Gasteiger partial charge on any atom is 0.123 e. The van der Waals surface area contributed by atoms with Gasteiger partial charge in [0.1, 0.15) is 11.5 Å². The molecule has 23 heavy (non-hydrogen) atoms. The summed E-state index contributed by atoms with van der Waals surface area (Å²) in [6.07, 6.45) is 8.88. The quantitative estimate of drug-likeness (QED) is 0.504. The highest BCUT2D eigenvalue weighted by Gasteiger charge is 2.31. The van der Waals surface area contributed by atoms with Crippen LogP contribution in [0.15, 0.2) is 23.8 Å². The van der Waals surface area contributed by atoms with Gasteiger partial charge in [-0.3, -0.25) is 0 Å². The first kappa shape index (κ1) is 17.9. The number of hydrogen-bond acceptors (Lipinski definition) is 2. The molecular weight excluding hydrogens is 284 g/mol. The fraction of sp³-hybridized carbons (Fsp3) is 0.619. The van der Waals surface area contributed by atoms with Gasteiger partial charge in [0.15, 0.2) is 0 Å². The van der Waals surface area contributed by atoms with E-state index < -0.39 is 0 Å². The predicted molar refractivity (Wildman–Crippen MR) is 97.1 cm³/mol. The van der Waals surface area contributed by atoms with Crippen molar-refractivity contribution in [2.75, 3.05) is 0 Å². The van der Waals surface area contributed by atoms with Crippen LogP contribution >= 0.6 is 0 Å². The molecular formula is C21H32O2. The third-order valence-corrected chi connectivity index (χ3v) is 5.25. The van der Waals surface area contributed by atoms with Crippen LogP contribution in [0.4, 0.5) is 0 Å². The van der Waals surface area contributed by atoms with E-state index in [0.717, 1.165) is 36.8 Å². The van der Waals surface area contributed by atoms with Crippen LogP contribution in [-0.4, -0.2) is 10.2 Å². The molecule has 0 heterocycles. The molecule has 0 saturated carbocycles. The van der Waals surface area contributed by atoms with Crippen molar-refractivity contribution < 1.29 is 10.2 Å². The Labute approximate surface area is 141 Å². The minimum Gasteiger partial charge on any atom is -0.507 e. The molecule has 1 aromatic carbocycles. The van der Waals surface area contributed by atoms with E-state index in [1.807, 2.05) is 12.1 Å². The summed E-state index contributed by atoms with van der Waals surface area (Å²) in [5.41, 5.74) is 3.12. The molecule has 2 heteroatoms. The SMILES string of the molecule is CCCCCc1cc(O)c([C@H]2C=C(C)CC[C@H]2C(C)C)c(O)c1. The van der Waals surface area contributed by atoms with Gasteiger partial charge in [0.2, 0.25) is 0 Å². The van der Waals surface area contributed by atoms with Crippen molar-refractivity contribution in [3.05, 3.63) is 34.9 Å². The topological polar surface area (TPSA) is 40.5 Å². The van der Waals surface area contributed by atoms with Gasteiger partial charge in [-0.15, -0.1) is 0 Å². The first-order valence-corrected chi connectivity index (χ1v) is 9.16. The molecule has 1 aliphatic carbocycles. The summed E-state index contributed by atoms with van der Waals surface area (Å²) in [5.74, 6) is 1.65. The summed E-state index contributed by atoms with van der Waals surface area (Å²) >= 11 is 0. The van der Waals surface area contributed by atoms with Gasteiger partial charge >= 0.3 is 0 Å². The van der Waals surface area contributed by atoms with Gasteiger partial charge < -0.3 is 10.2 Å². The number of phenols is 2. The number of allylic oxidation sites excluding steroid dienone is 2. The first-order chi connectivity index (χ1) is 10.9. The Kier molecular flexibility index (Phi) is 6.15. The summed E-state index contributed by atoms with van der Waals surface area (Å²) in [6.45, 7) is 8.80. The Balaban J connectivity index is 2.32. The van der Waals surface area contributed by atoms with Crippen LogP contribution in [0.25, 0.3) is 0 Å². The average Bonchev–Trinajstić information content (AvgIpc) is 2.46. The zero-order chi connectivity index (χ0) is 17.0. The van der Waals surface area contributed by atoms with Crippen LogP contribution in [0.1, 0.15) is 76.8 Å². The van der Waals surface area contributed by atoms with Crippen LogP contribution in [0.3, 0.4) is 0 Å². The third kappa shape index (κ3) is 4.31. The lowest BCUT2D eigenvalue weighted by Crippen LogP contribution is -2.21. The van der Waals surface area contributed by atoms with Crippen molar-refractivity contribution in [2.24, 2.45) is 11.8 Å². The molecule has 128 valence electrons. The first-order valence-electron chi connectivity index (χ1n) is 9.16. The molecule has 2 nitrogen and oxygen atoms in total. The number of rotatable bonds is 6. The van der Waals surface area contributed by atoms with E-state index in [9.17, 15) is 10.2 Å². The van der Waals surface area contributed by atoms with Gasteiger partial charge in [-0.2, -0.15) is 0 Å². The molecule has 0 radical (unpaired) electrons.